The van der Waals surface area contributed by atoms with Gasteiger partial charge in [-0.3, -0.25) is 4.79 Å². The number of rotatable bonds is 3. The van der Waals surface area contributed by atoms with Gasteiger partial charge in [-0.2, -0.15) is 0 Å². The summed E-state index contributed by atoms with van der Waals surface area (Å²) in [5, 5.41) is 11.0. The fraction of sp³-hybridized carbons (Fsp3) is 0.200. The van der Waals surface area contributed by atoms with Gasteiger partial charge in [-0.15, -0.1) is 0 Å². The van der Waals surface area contributed by atoms with Crippen molar-refractivity contribution in [2.45, 2.75) is 12.9 Å². The minimum atomic E-state index is -1.26. The van der Waals surface area contributed by atoms with Crippen LogP contribution in [0.2, 0.25) is 0 Å². The average molecular weight is 212 g/mol. The fourth-order valence-corrected chi connectivity index (χ4v) is 1.10. The Morgan fingerprint density at radius 3 is 2.53 bits per heavy atom. The van der Waals surface area contributed by atoms with E-state index in [1.807, 2.05) is 0 Å². The molecule has 2 N–H and O–H groups in total. The summed E-state index contributed by atoms with van der Waals surface area (Å²) in [5.41, 5.74) is 0.260. The maximum absolute atomic E-state index is 12.6. The van der Waals surface area contributed by atoms with Crippen LogP contribution < -0.4 is 5.32 Å². The molecule has 0 fully saturated rings. The number of nitrogens with one attached hydrogen (secondary N) is 1. The summed E-state index contributed by atoms with van der Waals surface area (Å²) in [6, 6.07) is 3.52. The molecule has 0 radical (unpaired) electrons. The molecular formula is C10H10FNO3. The lowest BCUT2D eigenvalue weighted by atomic mass is 10.1. The molecule has 0 saturated carbocycles. The van der Waals surface area contributed by atoms with Crippen LogP contribution >= 0.6 is 0 Å². The number of carbonyl (C=O) groups excluding carboxylic acids is 1. The first kappa shape index (κ1) is 9.64. The third kappa shape index (κ3) is 3.05. The topological polar surface area (TPSA) is 66.4 Å². The Labute approximate surface area is 87.1 Å². The average Bonchev–Trinajstić information content (AvgIpc) is 2.26. The van der Waals surface area contributed by atoms with Crippen molar-refractivity contribution in [3.8, 4) is 0 Å². The molecule has 1 aromatic carbocycles. The van der Waals surface area contributed by atoms with E-state index < -0.39 is 30.6 Å². The van der Waals surface area contributed by atoms with E-state index in [0.717, 1.165) is 12.1 Å². The minimum absolute atomic E-state index is 0.260. The van der Waals surface area contributed by atoms with Crippen LogP contribution in [0.4, 0.5) is 4.39 Å². The van der Waals surface area contributed by atoms with Gasteiger partial charge < -0.3 is 10.4 Å². The van der Waals surface area contributed by atoms with Crippen molar-refractivity contribution in [3.05, 3.63) is 35.6 Å². The van der Waals surface area contributed by atoms with E-state index in [1.54, 1.807) is 0 Å². The van der Waals surface area contributed by atoms with Gasteiger partial charge in [-0.25, -0.2) is 9.18 Å². The second kappa shape index (κ2) is 4.54. The molecule has 1 aromatic rings. The first-order valence-corrected chi connectivity index (χ1v) is 4.11. The highest BCUT2D eigenvalue weighted by atomic mass is 19.1. The predicted molar refractivity (Wildman–Crippen MR) is 50.6 cm³/mol. The van der Waals surface area contributed by atoms with Crippen molar-refractivity contribution in [2.75, 3.05) is 0 Å². The fourth-order valence-electron chi connectivity index (χ4n) is 1.10. The zero-order valence-electron chi connectivity index (χ0n) is 8.74. The van der Waals surface area contributed by atoms with E-state index in [9.17, 15) is 14.0 Å². The number of carboxylic acids is 1. The number of carbonyl (C=O) groups is 2. The van der Waals surface area contributed by atoms with Crippen molar-refractivity contribution in [1.82, 2.24) is 5.32 Å². The maximum Gasteiger partial charge on any atom is 0.330 e. The Morgan fingerprint density at radius 2 is 2.07 bits per heavy atom. The smallest absolute Gasteiger partial charge is 0.330 e. The van der Waals surface area contributed by atoms with E-state index in [0.29, 0.717) is 0 Å². The summed E-state index contributed by atoms with van der Waals surface area (Å²) in [6.45, 7) is -0.551. The van der Waals surface area contributed by atoms with Crippen LogP contribution in [-0.4, -0.2) is 17.0 Å². The molecule has 0 aliphatic rings. The van der Waals surface area contributed by atoms with Gasteiger partial charge in [0, 0.05) is 8.27 Å². The third-order valence-electron chi connectivity index (χ3n) is 1.76. The van der Waals surface area contributed by atoms with Gasteiger partial charge in [0.25, 0.3) is 0 Å². The molecule has 4 nitrogen and oxygen atoms in total. The van der Waals surface area contributed by atoms with Gasteiger partial charge in [0.2, 0.25) is 5.91 Å². The van der Waals surface area contributed by atoms with E-state index in [2.05, 4.69) is 5.32 Å². The quantitative estimate of drug-likeness (QED) is 0.788. The summed E-state index contributed by atoms with van der Waals surface area (Å²) in [6.07, 6.45) is 0. The maximum atomic E-state index is 12.6. The normalized spacial score (nSPS) is 12.7. The van der Waals surface area contributed by atoms with Crippen LogP contribution in [-0.2, 0) is 9.59 Å². The van der Waals surface area contributed by atoms with Crippen LogP contribution in [0.25, 0.3) is 0 Å². The number of hydrogen-bond acceptors (Lipinski definition) is 2. The molecule has 0 aliphatic carbocycles. The summed E-state index contributed by atoms with van der Waals surface area (Å²) in [5.74, 6) is -2.44. The number of aliphatic carboxylic acids is 1. The molecule has 0 bridgehead atoms. The van der Waals surface area contributed by atoms with Crippen LogP contribution in [0.3, 0.4) is 0 Å². The molecule has 0 heterocycles. The van der Waals surface area contributed by atoms with Gasteiger partial charge >= 0.3 is 5.97 Å². The second-order valence-electron chi connectivity index (χ2n) is 2.89. The first-order chi connectivity index (χ1) is 7.54. The Bertz CT molecular complexity index is 394. The summed E-state index contributed by atoms with van der Waals surface area (Å²) < 4.78 is 19.4. The highest BCUT2D eigenvalue weighted by molar-refractivity contribution is 5.83. The number of halogens is 1. The van der Waals surface area contributed by atoms with Crippen LogP contribution in [0.5, 0.6) is 0 Å². The van der Waals surface area contributed by atoms with Gasteiger partial charge in [0.1, 0.15) is 5.82 Å². The van der Waals surface area contributed by atoms with Crippen molar-refractivity contribution in [3.63, 3.8) is 0 Å². The van der Waals surface area contributed by atoms with Crippen LogP contribution in [0.1, 0.15) is 19.9 Å². The first-order valence-electron chi connectivity index (χ1n) is 4.82. The second-order valence-corrected chi connectivity index (χ2v) is 2.89. The standard InChI is InChI=1S/C10H10FNO3/c1-6(13)12-9(10(14)15)7-2-4-8(11)5-3-7/h2-5,9H,1H3,(H,12,13)(H,14,15)/i1D. The monoisotopic (exact) mass is 212 g/mol. The zero-order valence-corrected chi connectivity index (χ0v) is 7.74. The lowest BCUT2D eigenvalue weighted by Crippen LogP contribution is -2.31. The molecule has 0 aromatic heterocycles. The van der Waals surface area contributed by atoms with Gasteiger partial charge in [0.05, 0.1) is 0 Å². The Balaban J connectivity index is 2.89. The van der Waals surface area contributed by atoms with E-state index in [4.69, 9.17) is 6.48 Å². The van der Waals surface area contributed by atoms with Gasteiger partial charge in [-0.05, 0) is 17.7 Å². The number of amides is 1. The molecule has 1 atom stereocenters. The summed E-state index contributed by atoms with van der Waals surface area (Å²) in [7, 11) is 0. The predicted octanol–water partition coefficient (Wildman–Crippen LogP) is 1.09. The third-order valence-corrected chi connectivity index (χ3v) is 1.76. The van der Waals surface area contributed by atoms with E-state index >= 15 is 0 Å². The number of carboxylic acid groups (broad SMARTS) is 1. The molecule has 5 heteroatoms. The van der Waals surface area contributed by atoms with E-state index in [-0.39, 0.29) is 5.56 Å². The van der Waals surface area contributed by atoms with Crippen LogP contribution in [0, 0.1) is 5.82 Å². The van der Waals surface area contributed by atoms with Crippen LogP contribution in [0.15, 0.2) is 24.3 Å². The largest absolute Gasteiger partial charge is 0.479 e. The van der Waals surface area contributed by atoms with Gasteiger partial charge in [0.15, 0.2) is 6.04 Å². The molecule has 15 heavy (non-hydrogen) atoms. The summed E-state index contributed by atoms with van der Waals surface area (Å²) in [4.78, 5) is 21.8. The highest BCUT2D eigenvalue weighted by Crippen LogP contribution is 2.13. The number of benzene rings is 1. The molecule has 1 amide bonds. The zero-order chi connectivity index (χ0) is 12.1. The van der Waals surface area contributed by atoms with Crippen molar-refractivity contribution in [2.24, 2.45) is 0 Å². The molecule has 1 unspecified atom stereocenters. The molecule has 0 aliphatic heterocycles. The lowest BCUT2D eigenvalue weighted by Gasteiger charge is -2.13. The molecule has 80 valence electrons. The molecule has 0 saturated heterocycles. The van der Waals surface area contributed by atoms with Gasteiger partial charge in [-0.1, -0.05) is 12.1 Å². The Hall–Kier alpha value is -1.91. The molecule has 1 rings (SSSR count). The Kier molecular flexibility index (Phi) is 2.92. The van der Waals surface area contributed by atoms with Crippen molar-refractivity contribution in [1.29, 1.82) is 0 Å². The SMILES string of the molecule is [2H]CC(=O)NC(C(=O)O)c1ccc(F)cc1. The van der Waals surface area contributed by atoms with Crippen molar-refractivity contribution >= 4 is 11.9 Å². The number of hydrogen-bond donors (Lipinski definition) is 2. The van der Waals surface area contributed by atoms with Crippen molar-refractivity contribution < 1.29 is 20.5 Å². The highest BCUT2D eigenvalue weighted by Gasteiger charge is 2.20. The lowest BCUT2D eigenvalue weighted by molar-refractivity contribution is -0.141. The summed E-state index contributed by atoms with van der Waals surface area (Å²) >= 11 is 0. The Morgan fingerprint density at radius 1 is 1.47 bits per heavy atom. The molecule has 0 spiro atoms. The molecular weight excluding hydrogens is 201 g/mol. The minimum Gasteiger partial charge on any atom is -0.479 e. The van der Waals surface area contributed by atoms with E-state index in [1.165, 1.54) is 12.1 Å².